The molecule has 0 atom stereocenters. The molecule has 24 heavy (non-hydrogen) atoms. The molecule has 2 aromatic carbocycles. The summed E-state index contributed by atoms with van der Waals surface area (Å²) in [7, 11) is 0. The molecule has 4 nitrogen and oxygen atoms in total. The van der Waals surface area contributed by atoms with Gasteiger partial charge >= 0.3 is 0 Å². The average molecular weight is 325 g/mol. The van der Waals surface area contributed by atoms with E-state index in [1.165, 1.54) is 6.07 Å². The lowest BCUT2D eigenvalue weighted by Crippen LogP contribution is -2.25. The van der Waals surface area contributed by atoms with Crippen molar-refractivity contribution >= 4 is 16.9 Å². The van der Waals surface area contributed by atoms with Crippen LogP contribution in [-0.4, -0.2) is 22.0 Å². The highest BCUT2D eigenvalue weighted by atomic mass is 19.1. The largest absolute Gasteiger partial charge is 0.352 e. The van der Waals surface area contributed by atoms with E-state index in [4.69, 9.17) is 0 Å². The summed E-state index contributed by atoms with van der Waals surface area (Å²) in [6.45, 7) is 4.56. The zero-order valence-electron chi connectivity index (χ0n) is 13.8. The summed E-state index contributed by atoms with van der Waals surface area (Å²) in [5, 5.41) is 2.83. The van der Waals surface area contributed by atoms with Gasteiger partial charge in [0.2, 0.25) is 0 Å². The summed E-state index contributed by atoms with van der Waals surface area (Å²) in [4.78, 5) is 16.6. The molecule has 0 bridgehead atoms. The first-order valence-corrected chi connectivity index (χ1v) is 8.04. The minimum absolute atomic E-state index is 0.174. The van der Waals surface area contributed by atoms with Gasteiger partial charge in [0, 0.05) is 18.2 Å². The van der Waals surface area contributed by atoms with Crippen LogP contribution in [0, 0.1) is 5.82 Å². The minimum Gasteiger partial charge on any atom is -0.352 e. The van der Waals surface area contributed by atoms with Gasteiger partial charge in [-0.3, -0.25) is 4.79 Å². The van der Waals surface area contributed by atoms with Crippen molar-refractivity contribution in [3.63, 3.8) is 0 Å². The number of fused-ring (bicyclic) bond motifs is 1. The summed E-state index contributed by atoms with van der Waals surface area (Å²) < 4.78 is 15.6. The van der Waals surface area contributed by atoms with Gasteiger partial charge in [-0.1, -0.05) is 18.2 Å². The van der Waals surface area contributed by atoms with Crippen LogP contribution in [0.1, 0.15) is 35.8 Å². The van der Waals surface area contributed by atoms with Gasteiger partial charge < -0.3 is 9.88 Å². The maximum atomic E-state index is 13.6. The first-order chi connectivity index (χ1) is 11.6. The van der Waals surface area contributed by atoms with Crippen molar-refractivity contribution in [2.45, 2.75) is 26.3 Å². The summed E-state index contributed by atoms with van der Waals surface area (Å²) in [5.41, 5.74) is 2.97. The second-order valence-corrected chi connectivity index (χ2v) is 6.05. The zero-order chi connectivity index (χ0) is 17.1. The van der Waals surface area contributed by atoms with E-state index in [2.05, 4.69) is 28.7 Å². The third kappa shape index (κ3) is 3.30. The molecule has 124 valence electrons. The standard InChI is InChI=1S/C19H20FN3O/c1-13(2)23-12-22-17-11-15(7-8-18(17)23)19(24)21-10-9-14-5-3-4-6-16(14)20/h3-8,11-13H,9-10H2,1-2H3,(H,21,24). The maximum Gasteiger partial charge on any atom is 0.251 e. The van der Waals surface area contributed by atoms with Crippen molar-refractivity contribution in [1.29, 1.82) is 0 Å². The van der Waals surface area contributed by atoms with Crippen LogP contribution in [0.5, 0.6) is 0 Å². The molecule has 0 fully saturated rings. The monoisotopic (exact) mass is 325 g/mol. The quantitative estimate of drug-likeness (QED) is 0.777. The molecular weight excluding hydrogens is 305 g/mol. The van der Waals surface area contributed by atoms with E-state index in [9.17, 15) is 9.18 Å². The summed E-state index contributed by atoms with van der Waals surface area (Å²) >= 11 is 0. The third-order valence-corrected chi connectivity index (χ3v) is 4.03. The van der Waals surface area contributed by atoms with Crippen LogP contribution >= 0.6 is 0 Å². The average Bonchev–Trinajstić information content (AvgIpc) is 2.99. The number of rotatable bonds is 5. The van der Waals surface area contributed by atoms with Gasteiger partial charge in [0.15, 0.2) is 0 Å². The normalized spacial score (nSPS) is 11.2. The van der Waals surface area contributed by atoms with Crippen LogP contribution in [0.15, 0.2) is 48.8 Å². The number of hydrogen-bond donors (Lipinski definition) is 1. The lowest BCUT2D eigenvalue weighted by atomic mass is 10.1. The van der Waals surface area contributed by atoms with Gasteiger partial charge in [0.05, 0.1) is 17.4 Å². The van der Waals surface area contributed by atoms with Crippen LogP contribution in [0.25, 0.3) is 11.0 Å². The van der Waals surface area contributed by atoms with Crippen LogP contribution in [0.3, 0.4) is 0 Å². The SMILES string of the molecule is CC(C)n1cnc2cc(C(=O)NCCc3ccccc3F)ccc21. The number of hydrogen-bond acceptors (Lipinski definition) is 2. The number of nitrogens with zero attached hydrogens (tertiary/aromatic N) is 2. The Morgan fingerprint density at radius 1 is 1.25 bits per heavy atom. The van der Waals surface area contributed by atoms with E-state index in [0.29, 0.717) is 30.1 Å². The second kappa shape index (κ2) is 6.83. The molecule has 3 rings (SSSR count). The predicted molar refractivity (Wildman–Crippen MR) is 92.6 cm³/mol. The molecular formula is C19H20FN3O. The molecule has 0 unspecified atom stereocenters. The topological polar surface area (TPSA) is 46.9 Å². The number of carbonyl (C=O) groups excluding carboxylic acids is 1. The smallest absolute Gasteiger partial charge is 0.251 e. The van der Waals surface area contributed by atoms with Crippen molar-refractivity contribution in [3.8, 4) is 0 Å². The first-order valence-electron chi connectivity index (χ1n) is 8.04. The number of imidazole rings is 1. The van der Waals surface area contributed by atoms with Gasteiger partial charge in [0.1, 0.15) is 5.82 Å². The number of amides is 1. The Labute approximate surface area is 140 Å². The molecule has 1 amide bonds. The molecule has 0 saturated heterocycles. The number of benzene rings is 2. The molecule has 0 spiro atoms. The van der Waals surface area contributed by atoms with E-state index in [-0.39, 0.29) is 11.7 Å². The summed E-state index contributed by atoms with van der Waals surface area (Å²) in [6.07, 6.45) is 2.25. The van der Waals surface area contributed by atoms with E-state index in [0.717, 1.165) is 11.0 Å². The van der Waals surface area contributed by atoms with Gasteiger partial charge in [-0.05, 0) is 50.1 Å². The molecule has 3 aromatic rings. The van der Waals surface area contributed by atoms with E-state index in [1.807, 2.05) is 6.07 Å². The fourth-order valence-corrected chi connectivity index (χ4v) is 2.70. The zero-order valence-corrected chi connectivity index (χ0v) is 13.8. The Kier molecular flexibility index (Phi) is 4.60. The number of aromatic nitrogens is 2. The van der Waals surface area contributed by atoms with Crippen LogP contribution in [0.2, 0.25) is 0 Å². The second-order valence-electron chi connectivity index (χ2n) is 6.05. The lowest BCUT2D eigenvalue weighted by molar-refractivity contribution is 0.0954. The minimum atomic E-state index is -0.243. The number of nitrogens with one attached hydrogen (secondary N) is 1. The Morgan fingerprint density at radius 2 is 2.04 bits per heavy atom. The molecule has 0 aliphatic carbocycles. The van der Waals surface area contributed by atoms with Gasteiger partial charge in [-0.15, -0.1) is 0 Å². The number of carbonyl (C=O) groups is 1. The van der Waals surface area contributed by atoms with Gasteiger partial charge in [0.25, 0.3) is 5.91 Å². The molecule has 0 saturated carbocycles. The first kappa shape index (κ1) is 16.2. The Bertz CT molecular complexity index is 870. The molecule has 1 N–H and O–H groups in total. The Balaban J connectivity index is 1.67. The van der Waals surface area contributed by atoms with Crippen molar-refractivity contribution in [3.05, 3.63) is 65.7 Å². The summed E-state index contributed by atoms with van der Waals surface area (Å²) in [5.74, 6) is -0.417. The van der Waals surface area contributed by atoms with Gasteiger partial charge in [-0.25, -0.2) is 9.37 Å². The van der Waals surface area contributed by atoms with Crippen LogP contribution < -0.4 is 5.32 Å². The van der Waals surface area contributed by atoms with Crippen molar-refractivity contribution < 1.29 is 9.18 Å². The van der Waals surface area contributed by atoms with Crippen molar-refractivity contribution in [2.24, 2.45) is 0 Å². The summed E-state index contributed by atoms with van der Waals surface area (Å²) in [6, 6.07) is 12.4. The molecule has 0 aliphatic rings. The highest BCUT2D eigenvalue weighted by molar-refractivity contribution is 5.97. The fraction of sp³-hybridized carbons (Fsp3) is 0.263. The molecule has 0 aliphatic heterocycles. The highest BCUT2D eigenvalue weighted by Crippen LogP contribution is 2.18. The van der Waals surface area contributed by atoms with Gasteiger partial charge in [-0.2, -0.15) is 0 Å². The fourth-order valence-electron chi connectivity index (χ4n) is 2.70. The van der Waals surface area contributed by atoms with Crippen molar-refractivity contribution in [1.82, 2.24) is 14.9 Å². The maximum absolute atomic E-state index is 13.6. The van der Waals surface area contributed by atoms with Crippen molar-refractivity contribution in [2.75, 3.05) is 6.54 Å². The van der Waals surface area contributed by atoms with Crippen LogP contribution in [-0.2, 0) is 6.42 Å². The number of halogens is 1. The Hall–Kier alpha value is -2.69. The van der Waals surface area contributed by atoms with Crippen LogP contribution in [0.4, 0.5) is 4.39 Å². The highest BCUT2D eigenvalue weighted by Gasteiger charge is 2.10. The van der Waals surface area contributed by atoms with E-state index < -0.39 is 0 Å². The van der Waals surface area contributed by atoms with E-state index in [1.54, 1.807) is 36.7 Å². The predicted octanol–water partition coefficient (Wildman–Crippen LogP) is 3.73. The Morgan fingerprint density at radius 3 is 2.79 bits per heavy atom. The molecule has 1 aromatic heterocycles. The molecule has 5 heteroatoms. The van der Waals surface area contributed by atoms with E-state index >= 15 is 0 Å². The third-order valence-electron chi connectivity index (χ3n) is 4.03. The molecule has 0 radical (unpaired) electrons. The lowest BCUT2D eigenvalue weighted by Gasteiger charge is -2.09. The molecule has 1 heterocycles.